The van der Waals surface area contributed by atoms with Gasteiger partial charge in [0.15, 0.2) is 5.12 Å². The van der Waals surface area contributed by atoms with Crippen molar-refractivity contribution < 1.29 is 19.1 Å². The molecule has 4 nitrogen and oxygen atoms in total. The van der Waals surface area contributed by atoms with Crippen molar-refractivity contribution in [2.75, 3.05) is 20.3 Å². The zero-order valence-corrected chi connectivity index (χ0v) is 9.84. The molecule has 1 heterocycles. The molecule has 1 atom stereocenters. The average Bonchev–Trinajstić information content (AvgIpc) is 2.26. The minimum absolute atomic E-state index is 0.0445. The SMILES string of the molecule is COC(=O)C(SC(C)=O)C1CCOCC1. The number of hydrogen-bond acceptors (Lipinski definition) is 5. The average molecular weight is 232 g/mol. The molecule has 0 aromatic heterocycles. The van der Waals surface area contributed by atoms with Crippen LogP contribution in [0, 0.1) is 5.92 Å². The van der Waals surface area contributed by atoms with Crippen LogP contribution in [0.3, 0.4) is 0 Å². The van der Waals surface area contributed by atoms with Crippen LogP contribution in [-0.2, 0) is 19.1 Å². The maximum absolute atomic E-state index is 11.5. The number of hydrogen-bond donors (Lipinski definition) is 0. The molecule has 0 saturated carbocycles. The van der Waals surface area contributed by atoms with Crippen molar-refractivity contribution in [1.82, 2.24) is 0 Å². The number of esters is 1. The lowest BCUT2D eigenvalue weighted by Gasteiger charge is -2.27. The summed E-state index contributed by atoms with van der Waals surface area (Å²) >= 11 is 1.07. The van der Waals surface area contributed by atoms with Crippen molar-refractivity contribution in [3.63, 3.8) is 0 Å². The molecule has 0 aliphatic carbocycles. The van der Waals surface area contributed by atoms with Gasteiger partial charge in [-0.05, 0) is 18.8 Å². The summed E-state index contributed by atoms with van der Waals surface area (Å²) in [6.45, 7) is 2.80. The lowest BCUT2D eigenvalue weighted by molar-refractivity contribution is -0.141. The van der Waals surface area contributed by atoms with E-state index in [0.29, 0.717) is 13.2 Å². The fourth-order valence-corrected chi connectivity index (χ4v) is 2.66. The molecule has 0 spiro atoms. The van der Waals surface area contributed by atoms with Crippen molar-refractivity contribution in [3.05, 3.63) is 0 Å². The summed E-state index contributed by atoms with van der Waals surface area (Å²) in [7, 11) is 1.36. The van der Waals surface area contributed by atoms with Crippen LogP contribution in [-0.4, -0.2) is 36.7 Å². The van der Waals surface area contributed by atoms with Crippen LogP contribution >= 0.6 is 11.8 Å². The van der Waals surface area contributed by atoms with Gasteiger partial charge in [0, 0.05) is 20.1 Å². The van der Waals surface area contributed by atoms with Crippen LogP contribution in [0.1, 0.15) is 19.8 Å². The molecule has 0 bridgehead atoms. The van der Waals surface area contributed by atoms with E-state index in [1.165, 1.54) is 14.0 Å². The van der Waals surface area contributed by atoms with Gasteiger partial charge in [-0.3, -0.25) is 9.59 Å². The van der Waals surface area contributed by atoms with Gasteiger partial charge in [0.1, 0.15) is 5.25 Å². The fraction of sp³-hybridized carbons (Fsp3) is 0.800. The van der Waals surface area contributed by atoms with Gasteiger partial charge in [-0.2, -0.15) is 0 Å². The Morgan fingerprint density at radius 1 is 1.40 bits per heavy atom. The van der Waals surface area contributed by atoms with Crippen molar-refractivity contribution in [2.24, 2.45) is 5.92 Å². The predicted molar refractivity (Wildman–Crippen MR) is 57.6 cm³/mol. The Bertz CT molecular complexity index is 236. The van der Waals surface area contributed by atoms with Gasteiger partial charge in [-0.15, -0.1) is 0 Å². The van der Waals surface area contributed by atoms with Crippen molar-refractivity contribution in [1.29, 1.82) is 0 Å². The first-order chi connectivity index (χ1) is 7.15. The molecule has 0 aromatic rings. The van der Waals surface area contributed by atoms with Crippen LogP contribution in [0.2, 0.25) is 0 Å². The highest BCUT2D eigenvalue weighted by Crippen LogP contribution is 2.29. The van der Waals surface area contributed by atoms with Gasteiger partial charge < -0.3 is 9.47 Å². The third kappa shape index (κ3) is 3.83. The minimum atomic E-state index is -0.364. The summed E-state index contributed by atoms with van der Waals surface area (Å²) in [5.41, 5.74) is 0. The topological polar surface area (TPSA) is 52.6 Å². The first-order valence-electron chi connectivity index (χ1n) is 4.98. The summed E-state index contributed by atoms with van der Waals surface area (Å²) < 4.78 is 9.94. The van der Waals surface area contributed by atoms with Gasteiger partial charge in [-0.1, -0.05) is 11.8 Å². The molecule has 1 saturated heterocycles. The molecular formula is C10H16O4S. The summed E-state index contributed by atoms with van der Waals surface area (Å²) in [4.78, 5) is 22.6. The van der Waals surface area contributed by atoms with Crippen LogP contribution < -0.4 is 0 Å². The zero-order valence-electron chi connectivity index (χ0n) is 9.02. The van der Waals surface area contributed by atoms with Gasteiger partial charge in [-0.25, -0.2) is 0 Å². The van der Waals surface area contributed by atoms with Crippen molar-refractivity contribution >= 4 is 22.8 Å². The summed E-state index contributed by atoms with van der Waals surface area (Å²) in [5.74, 6) is -0.109. The summed E-state index contributed by atoms with van der Waals surface area (Å²) in [6.07, 6.45) is 1.64. The van der Waals surface area contributed by atoms with E-state index in [2.05, 4.69) is 0 Å². The molecule has 15 heavy (non-hydrogen) atoms. The van der Waals surface area contributed by atoms with E-state index in [9.17, 15) is 9.59 Å². The minimum Gasteiger partial charge on any atom is -0.468 e. The molecule has 1 aliphatic heterocycles. The molecule has 1 fully saturated rings. The third-order valence-corrected chi connectivity index (χ3v) is 3.58. The van der Waals surface area contributed by atoms with E-state index in [4.69, 9.17) is 9.47 Å². The highest BCUT2D eigenvalue weighted by molar-refractivity contribution is 8.14. The van der Waals surface area contributed by atoms with Crippen LogP contribution in [0.4, 0.5) is 0 Å². The Kier molecular flexibility index (Phi) is 5.11. The molecule has 1 aliphatic rings. The van der Waals surface area contributed by atoms with E-state index < -0.39 is 0 Å². The Hall–Kier alpha value is -0.550. The van der Waals surface area contributed by atoms with E-state index in [1.807, 2.05) is 0 Å². The molecule has 86 valence electrons. The zero-order chi connectivity index (χ0) is 11.3. The standard InChI is InChI=1S/C10H16O4S/c1-7(11)15-9(10(12)13-2)8-3-5-14-6-4-8/h8-9H,3-6H2,1-2H3. The van der Waals surface area contributed by atoms with E-state index in [1.54, 1.807) is 0 Å². The second-order valence-electron chi connectivity index (χ2n) is 3.50. The first kappa shape index (κ1) is 12.5. The number of ether oxygens (including phenoxy) is 2. The Morgan fingerprint density at radius 3 is 2.47 bits per heavy atom. The maximum Gasteiger partial charge on any atom is 0.319 e. The van der Waals surface area contributed by atoms with Gasteiger partial charge in [0.05, 0.1) is 7.11 Å². The fourth-order valence-electron chi connectivity index (χ4n) is 1.65. The predicted octanol–water partition coefficient (Wildman–Crippen LogP) is 1.23. The molecule has 0 N–H and O–H groups in total. The number of carbonyl (C=O) groups is 2. The lowest BCUT2D eigenvalue weighted by atomic mass is 9.96. The largest absolute Gasteiger partial charge is 0.468 e. The van der Waals surface area contributed by atoms with Crippen molar-refractivity contribution in [3.8, 4) is 0 Å². The van der Waals surface area contributed by atoms with Gasteiger partial charge >= 0.3 is 5.97 Å². The third-order valence-electron chi connectivity index (χ3n) is 2.42. The Balaban J connectivity index is 2.60. The molecule has 5 heteroatoms. The number of carbonyl (C=O) groups excluding carboxylic acids is 2. The van der Waals surface area contributed by atoms with Crippen molar-refractivity contribution in [2.45, 2.75) is 25.0 Å². The Morgan fingerprint density at radius 2 is 2.00 bits per heavy atom. The quantitative estimate of drug-likeness (QED) is 0.685. The van der Waals surface area contributed by atoms with Crippen LogP contribution in [0.15, 0.2) is 0 Å². The lowest BCUT2D eigenvalue weighted by Crippen LogP contribution is -2.33. The molecule has 0 aromatic carbocycles. The van der Waals surface area contributed by atoms with Gasteiger partial charge in [0.25, 0.3) is 0 Å². The van der Waals surface area contributed by atoms with Crippen LogP contribution in [0.5, 0.6) is 0 Å². The first-order valence-corrected chi connectivity index (χ1v) is 5.86. The summed E-state index contributed by atoms with van der Waals surface area (Å²) in [5, 5.41) is -0.409. The van der Waals surface area contributed by atoms with E-state index in [-0.39, 0.29) is 22.3 Å². The maximum atomic E-state index is 11.5. The highest BCUT2D eigenvalue weighted by atomic mass is 32.2. The van der Waals surface area contributed by atoms with E-state index in [0.717, 1.165) is 24.6 Å². The monoisotopic (exact) mass is 232 g/mol. The molecule has 0 amide bonds. The second kappa shape index (κ2) is 6.12. The molecule has 1 rings (SSSR count). The Labute approximate surface area is 93.7 Å². The number of methoxy groups -OCH3 is 1. The molecule has 1 unspecified atom stereocenters. The van der Waals surface area contributed by atoms with Gasteiger partial charge in [0.2, 0.25) is 0 Å². The molecular weight excluding hydrogens is 216 g/mol. The number of rotatable bonds is 3. The normalized spacial score (nSPS) is 19.6. The molecule has 0 radical (unpaired) electrons. The van der Waals surface area contributed by atoms with E-state index >= 15 is 0 Å². The number of thioether (sulfide) groups is 1. The summed E-state index contributed by atoms with van der Waals surface area (Å²) in [6, 6.07) is 0. The van der Waals surface area contributed by atoms with Crippen LogP contribution in [0.25, 0.3) is 0 Å². The second-order valence-corrected chi connectivity index (χ2v) is 4.82. The smallest absolute Gasteiger partial charge is 0.319 e. The highest BCUT2D eigenvalue weighted by Gasteiger charge is 2.32.